The van der Waals surface area contributed by atoms with Gasteiger partial charge >= 0.3 is 0 Å². The van der Waals surface area contributed by atoms with E-state index in [9.17, 15) is 0 Å². The van der Waals surface area contributed by atoms with Crippen molar-refractivity contribution in [2.24, 2.45) is 0 Å². The molecule has 1 aliphatic rings. The Balaban J connectivity index is 1.75. The highest BCUT2D eigenvalue weighted by Gasteiger charge is 2.17. The van der Waals surface area contributed by atoms with Gasteiger partial charge in [-0.25, -0.2) is 4.98 Å². The number of anilines is 3. The minimum atomic E-state index is 0.816. The standard InChI is InChI=1S/C22H24N4/c1-16-9-8-12-19(17(16)2)23-21-15-20(18-10-4-3-5-11-18)24-22(25-21)26-13-6-7-14-26/h3-5,8-12,15H,6-7,13-14H2,1-2H3,(H,23,24,25). The van der Waals surface area contributed by atoms with Crippen molar-refractivity contribution in [1.82, 2.24) is 9.97 Å². The molecule has 2 heterocycles. The molecule has 26 heavy (non-hydrogen) atoms. The molecule has 0 unspecified atom stereocenters. The fourth-order valence-electron chi connectivity index (χ4n) is 3.34. The second kappa shape index (κ2) is 7.16. The minimum Gasteiger partial charge on any atom is -0.341 e. The average molecular weight is 344 g/mol. The Morgan fingerprint density at radius 1 is 0.885 bits per heavy atom. The summed E-state index contributed by atoms with van der Waals surface area (Å²) >= 11 is 0. The van der Waals surface area contributed by atoms with Gasteiger partial charge in [-0.15, -0.1) is 0 Å². The summed E-state index contributed by atoms with van der Waals surface area (Å²) in [5.41, 5.74) is 5.67. The van der Waals surface area contributed by atoms with Crippen molar-refractivity contribution in [2.45, 2.75) is 26.7 Å². The van der Waals surface area contributed by atoms with Gasteiger partial charge in [-0.05, 0) is 43.9 Å². The predicted octanol–water partition coefficient (Wildman–Crippen LogP) is 5.10. The van der Waals surface area contributed by atoms with Crippen LogP contribution in [0.2, 0.25) is 0 Å². The average Bonchev–Trinajstić information content (AvgIpc) is 3.21. The van der Waals surface area contributed by atoms with Crippen molar-refractivity contribution < 1.29 is 0 Å². The molecular formula is C22H24N4. The summed E-state index contributed by atoms with van der Waals surface area (Å²) in [6.07, 6.45) is 2.41. The van der Waals surface area contributed by atoms with Gasteiger partial charge in [0.15, 0.2) is 0 Å². The maximum Gasteiger partial charge on any atom is 0.227 e. The van der Waals surface area contributed by atoms with Crippen molar-refractivity contribution in [3.05, 3.63) is 65.7 Å². The molecule has 0 atom stereocenters. The lowest BCUT2D eigenvalue weighted by Gasteiger charge is -2.18. The number of benzene rings is 2. The molecule has 1 aliphatic heterocycles. The molecule has 132 valence electrons. The topological polar surface area (TPSA) is 41.1 Å². The summed E-state index contributed by atoms with van der Waals surface area (Å²) in [4.78, 5) is 11.9. The van der Waals surface area contributed by atoms with E-state index in [1.54, 1.807) is 0 Å². The molecule has 4 heteroatoms. The van der Waals surface area contributed by atoms with Crippen LogP contribution in [0.4, 0.5) is 17.5 Å². The summed E-state index contributed by atoms with van der Waals surface area (Å²) in [5.74, 6) is 1.66. The molecule has 0 saturated carbocycles. The Labute approximate surface area is 154 Å². The highest BCUT2D eigenvalue weighted by atomic mass is 15.3. The van der Waals surface area contributed by atoms with Gasteiger partial charge < -0.3 is 10.2 Å². The number of nitrogens with one attached hydrogen (secondary N) is 1. The number of nitrogens with zero attached hydrogens (tertiary/aromatic N) is 3. The third-order valence-corrected chi connectivity index (χ3v) is 5.04. The molecule has 2 aromatic carbocycles. The SMILES string of the molecule is Cc1cccc(Nc2cc(-c3ccccc3)nc(N3CCCC3)n2)c1C. The van der Waals surface area contributed by atoms with Gasteiger partial charge in [0, 0.05) is 30.4 Å². The molecule has 0 amide bonds. The summed E-state index contributed by atoms with van der Waals surface area (Å²) in [6.45, 7) is 6.33. The second-order valence-corrected chi connectivity index (χ2v) is 6.87. The van der Waals surface area contributed by atoms with E-state index in [2.05, 4.69) is 54.4 Å². The van der Waals surface area contributed by atoms with E-state index < -0.39 is 0 Å². The van der Waals surface area contributed by atoms with E-state index in [1.807, 2.05) is 24.3 Å². The lowest BCUT2D eigenvalue weighted by Crippen LogP contribution is -2.21. The van der Waals surface area contributed by atoms with Gasteiger partial charge in [0.05, 0.1) is 5.69 Å². The number of rotatable bonds is 4. The number of hydrogen-bond donors (Lipinski definition) is 1. The van der Waals surface area contributed by atoms with Crippen LogP contribution in [0.1, 0.15) is 24.0 Å². The quantitative estimate of drug-likeness (QED) is 0.714. The van der Waals surface area contributed by atoms with Crippen molar-refractivity contribution in [3.63, 3.8) is 0 Å². The maximum absolute atomic E-state index is 4.84. The largest absolute Gasteiger partial charge is 0.341 e. The zero-order valence-corrected chi connectivity index (χ0v) is 15.4. The van der Waals surface area contributed by atoms with E-state index in [1.165, 1.54) is 24.0 Å². The van der Waals surface area contributed by atoms with Crippen molar-refractivity contribution in [2.75, 3.05) is 23.3 Å². The fourth-order valence-corrected chi connectivity index (χ4v) is 3.34. The van der Waals surface area contributed by atoms with Crippen molar-refractivity contribution >= 4 is 17.5 Å². The molecule has 1 fully saturated rings. The normalized spacial score (nSPS) is 13.8. The Morgan fingerprint density at radius 2 is 1.65 bits per heavy atom. The molecule has 4 nitrogen and oxygen atoms in total. The monoisotopic (exact) mass is 344 g/mol. The van der Waals surface area contributed by atoms with Gasteiger partial charge in [0.1, 0.15) is 5.82 Å². The van der Waals surface area contributed by atoms with Crippen LogP contribution in [0.3, 0.4) is 0 Å². The molecule has 3 aromatic rings. The summed E-state index contributed by atoms with van der Waals surface area (Å²) in [5, 5.41) is 3.51. The van der Waals surface area contributed by atoms with Crippen LogP contribution < -0.4 is 10.2 Å². The zero-order chi connectivity index (χ0) is 17.9. The van der Waals surface area contributed by atoms with Crippen LogP contribution in [-0.4, -0.2) is 23.1 Å². The smallest absolute Gasteiger partial charge is 0.227 e. The first-order valence-electron chi connectivity index (χ1n) is 9.23. The van der Waals surface area contributed by atoms with Gasteiger partial charge in [-0.3, -0.25) is 0 Å². The van der Waals surface area contributed by atoms with Crippen molar-refractivity contribution in [3.8, 4) is 11.3 Å². The third kappa shape index (κ3) is 3.40. The molecule has 0 spiro atoms. The van der Waals surface area contributed by atoms with Crippen LogP contribution in [0.15, 0.2) is 54.6 Å². The fraction of sp³-hybridized carbons (Fsp3) is 0.273. The molecule has 1 aromatic heterocycles. The van der Waals surface area contributed by atoms with Gasteiger partial charge in [-0.1, -0.05) is 42.5 Å². The Hall–Kier alpha value is -2.88. The number of aromatic nitrogens is 2. The maximum atomic E-state index is 4.84. The zero-order valence-electron chi connectivity index (χ0n) is 15.4. The lowest BCUT2D eigenvalue weighted by molar-refractivity contribution is 0.902. The Bertz CT molecular complexity index is 899. The molecule has 0 radical (unpaired) electrons. The van der Waals surface area contributed by atoms with Crippen LogP contribution in [0.25, 0.3) is 11.3 Å². The van der Waals surface area contributed by atoms with Crippen molar-refractivity contribution in [1.29, 1.82) is 0 Å². The van der Waals surface area contributed by atoms with Gasteiger partial charge in [0.25, 0.3) is 0 Å². The highest BCUT2D eigenvalue weighted by molar-refractivity contribution is 5.69. The molecule has 0 aliphatic carbocycles. The van der Waals surface area contributed by atoms with E-state index >= 15 is 0 Å². The third-order valence-electron chi connectivity index (χ3n) is 5.04. The van der Waals surface area contributed by atoms with E-state index in [0.717, 1.165) is 41.8 Å². The first-order valence-corrected chi connectivity index (χ1v) is 9.23. The molecule has 0 bridgehead atoms. The highest BCUT2D eigenvalue weighted by Crippen LogP contribution is 2.28. The summed E-state index contributed by atoms with van der Waals surface area (Å²) in [6, 6.07) is 18.7. The van der Waals surface area contributed by atoms with Gasteiger partial charge in [0.2, 0.25) is 5.95 Å². The lowest BCUT2D eigenvalue weighted by atomic mass is 10.1. The molecule has 4 rings (SSSR count). The minimum absolute atomic E-state index is 0.816. The second-order valence-electron chi connectivity index (χ2n) is 6.87. The van der Waals surface area contributed by atoms with E-state index in [0.29, 0.717) is 0 Å². The first kappa shape index (κ1) is 16.6. The molecule has 1 saturated heterocycles. The summed E-state index contributed by atoms with van der Waals surface area (Å²) in [7, 11) is 0. The van der Waals surface area contributed by atoms with Crippen LogP contribution in [-0.2, 0) is 0 Å². The van der Waals surface area contributed by atoms with Gasteiger partial charge in [-0.2, -0.15) is 4.98 Å². The predicted molar refractivity (Wildman–Crippen MR) is 108 cm³/mol. The number of hydrogen-bond acceptors (Lipinski definition) is 4. The van der Waals surface area contributed by atoms with Crippen LogP contribution >= 0.6 is 0 Å². The molecular weight excluding hydrogens is 320 g/mol. The van der Waals surface area contributed by atoms with E-state index in [4.69, 9.17) is 9.97 Å². The Morgan fingerprint density at radius 3 is 2.42 bits per heavy atom. The van der Waals surface area contributed by atoms with E-state index in [-0.39, 0.29) is 0 Å². The summed E-state index contributed by atoms with van der Waals surface area (Å²) < 4.78 is 0. The Kier molecular flexibility index (Phi) is 4.57. The number of aryl methyl sites for hydroxylation is 1. The molecule has 1 N–H and O–H groups in total. The first-order chi connectivity index (χ1) is 12.7. The van der Waals surface area contributed by atoms with Crippen LogP contribution in [0, 0.1) is 13.8 Å². The van der Waals surface area contributed by atoms with Crippen LogP contribution in [0.5, 0.6) is 0 Å².